The third-order valence-electron chi connectivity index (χ3n) is 3.42. The largest absolute Gasteiger partial charge is 0.454 e. The Labute approximate surface area is 154 Å². The van der Waals surface area contributed by atoms with E-state index in [0.717, 1.165) is 10.3 Å². The van der Waals surface area contributed by atoms with Crippen LogP contribution in [-0.2, 0) is 27.0 Å². The third kappa shape index (κ3) is 4.42. The summed E-state index contributed by atoms with van der Waals surface area (Å²) in [6.07, 6.45) is -4.74. The van der Waals surface area contributed by atoms with Gasteiger partial charge in [0.25, 0.3) is 5.91 Å². The molecule has 7 nitrogen and oxygen atoms in total. The molecule has 0 bridgehead atoms. The predicted molar refractivity (Wildman–Crippen MR) is 91.2 cm³/mol. The number of benzene rings is 1. The Hall–Kier alpha value is -2.95. The van der Waals surface area contributed by atoms with Crippen LogP contribution in [0.3, 0.4) is 0 Å². The quantitative estimate of drug-likeness (QED) is 0.668. The normalized spacial score (nSPS) is 11.6. The fraction of sp³-hybridized carbons (Fsp3) is 0.250. The van der Waals surface area contributed by atoms with Gasteiger partial charge in [-0.05, 0) is 19.1 Å². The molecule has 2 aromatic heterocycles. The molecule has 0 spiro atoms. The summed E-state index contributed by atoms with van der Waals surface area (Å²) in [6, 6.07) is 5.91. The van der Waals surface area contributed by atoms with Crippen molar-refractivity contribution in [1.82, 2.24) is 14.5 Å². The molecule has 1 amide bonds. The second-order valence-electron chi connectivity index (χ2n) is 5.51. The second-order valence-corrected chi connectivity index (χ2v) is 6.37. The van der Waals surface area contributed by atoms with Crippen LogP contribution in [0, 0.1) is 6.92 Å². The summed E-state index contributed by atoms with van der Waals surface area (Å²) in [5, 5.41) is 4.50. The maximum Gasteiger partial charge on any atom is 0.449 e. The number of esters is 1. The molecule has 0 radical (unpaired) electrons. The average molecular weight is 398 g/mol. The van der Waals surface area contributed by atoms with Crippen LogP contribution in [-0.4, -0.2) is 33.0 Å². The van der Waals surface area contributed by atoms with E-state index in [0.29, 0.717) is 5.13 Å². The van der Waals surface area contributed by atoms with Gasteiger partial charge in [0.1, 0.15) is 6.54 Å². The zero-order valence-corrected chi connectivity index (χ0v) is 14.7. The van der Waals surface area contributed by atoms with Crippen molar-refractivity contribution in [2.24, 2.45) is 0 Å². The van der Waals surface area contributed by atoms with Crippen LogP contribution >= 0.6 is 11.3 Å². The number of para-hydroxylation sites is 2. The number of nitrogens with one attached hydrogen (secondary N) is 1. The lowest BCUT2D eigenvalue weighted by atomic mass is 10.3. The van der Waals surface area contributed by atoms with Gasteiger partial charge in [0.15, 0.2) is 11.7 Å². The number of rotatable bonds is 5. The Bertz CT molecular complexity index is 996. The number of amides is 1. The van der Waals surface area contributed by atoms with Crippen LogP contribution in [0.25, 0.3) is 11.0 Å². The van der Waals surface area contributed by atoms with Crippen LogP contribution in [0.5, 0.6) is 0 Å². The minimum atomic E-state index is -4.74. The highest BCUT2D eigenvalue weighted by atomic mass is 32.1. The molecular formula is C16H13F3N4O3S. The van der Waals surface area contributed by atoms with Crippen LogP contribution in [0.4, 0.5) is 18.3 Å². The van der Waals surface area contributed by atoms with Crippen LogP contribution < -0.4 is 5.32 Å². The monoisotopic (exact) mass is 398 g/mol. The van der Waals surface area contributed by atoms with E-state index in [2.05, 4.69) is 15.3 Å². The zero-order chi connectivity index (χ0) is 19.6. The number of aromatic nitrogens is 3. The van der Waals surface area contributed by atoms with Gasteiger partial charge in [-0.2, -0.15) is 13.2 Å². The highest BCUT2D eigenvalue weighted by molar-refractivity contribution is 7.13. The first-order valence-electron chi connectivity index (χ1n) is 7.64. The number of hydrogen-bond donors (Lipinski definition) is 1. The van der Waals surface area contributed by atoms with Crippen LogP contribution in [0.1, 0.15) is 11.5 Å². The number of halogens is 3. The second kappa shape index (κ2) is 7.35. The van der Waals surface area contributed by atoms with Gasteiger partial charge < -0.3 is 9.30 Å². The summed E-state index contributed by atoms with van der Waals surface area (Å²) in [6.45, 7) is 0.393. The fourth-order valence-electron chi connectivity index (χ4n) is 2.34. The summed E-state index contributed by atoms with van der Waals surface area (Å²) >= 11 is 1.20. The van der Waals surface area contributed by atoms with E-state index in [4.69, 9.17) is 4.74 Å². The highest BCUT2D eigenvalue weighted by Gasteiger charge is 2.38. The molecular weight excluding hydrogens is 385 g/mol. The maximum absolute atomic E-state index is 13.2. The number of hydrogen-bond acceptors (Lipinski definition) is 6. The van der Waals surface area contributed by atoms with Gasteiger partial charge in [-0.3, -0.25) is 14.9 Å². The van der Waals surface area contributed by atoms with Crippen molar-refractivity contribution in [3.05, 3.63) is 41.2 Å². The number of ether oxygens (including phenoxy) is 1. The molecule has 142 valence electrons. The topological polar surface area (TPSA) is 86.1 Å². The third-order valence-corrected chi connectivity index (χ3v) is 4.30. The Kier molecular flexibility index (Phi) is 5.13. The smallest absolute Gasteiger partial charge is 0.449 e. The number of fused-ring (bicyclic) bond motifs is 1. The van der Waals surface area contributed by atoms with Crippen molar-refractivity contribution >= 4 is 39.4 Å². The molecule has 0 aliphatic heterocycles. The lowest BCUT2D eigenvalue weighted by Gasteiger charge is -2.11. The van der Waals surface area contributed by atoms with Gasteiger partial charge in [-0.25, -0.2) is 9.97 Å². The van der Waals surface area contributed by atoms with E-state index < -0.39 is 37.0 Å². The van der Waals surface area contributed by atoms with Gasteiger partial charge in [0, 0.05) is 5.38 Å². The van der Waals surface area contributed by atoms with Crippen molar-refractivity contribution in [3.8, 4) is 0 Å². The lowest BCUT2D eigenvalue weighted by molar-refractivity contribution is -0.152. The molecule has 11 heteroatoms. The standard InChI is InChI=1S/C16H13F3N4O3S/c1-9-8-27-15(20-9)22-12(24)7-26-13(25)6-23-11-5-3-2-4-10(11)21-14(23)16(17,18)19/h2-5,8H,6-7H2,1H3,(H,20,22,24). The fourth-order valence-corrected chi connectivity index (χ4v) is 3.04. The summed E-state index contributed by atoms with van der Waals surface area (Å²) in [5.74, 6) is -2.83. The summed E-state index contributed by atoms with van der Waals surface area (Å²) in [7, 11) is 0. The first-order chi connectivity index (χ1) is 12.7. The van der Waals surface area contributed by atoms with E-state index in [1.54, 1.807) is 18.4 Å². The molecule has 27 heavy (non-hydrogen) atoms. The molecule has 1 N–H and O–H groups in total. The molecule has 0 saturated carbocycles. The Morgan fingerprint density at radius 1 is 1.26 bits per heavy atom. The van der Waals surface area contributed by atoms with Gasteiger partial charge in [0.2, 0.25) is 5.82 Å². The number of imidazole rings is 1. The van der Waals surface area contributed by atoms with E-state index >= 15 is 0 Å². The highest BCUT2D eigenvalue weighted by Crippen LogP contribution is 2.31. The lowest BCUT2D eigenvalue weighted by Crippen LogP contribution is -2.24. The van der Waals surface area contributed by atoms with E-state index in [9.17, 15) is 22.8 Å². The molecule has 0 unspecified atom stereocenters. The van der Waals surface area contributed by atoms with Gasteiger partial charge in [-0.1, -0.05) is 12.1 Å². The minimum Gasteiger partial charge on any atom is -0.454 e. The van der Waals surface area contributed by atoms with Crippen molar-refractivity contribution in [1.29, 1.82) is 0 Å². The van der Waals surface area contributed by atoms with Crippen molar-refractivity contribution < 1.29 is 27.5 Å². The maximum atomic E-state index is 13.2. The first-order valence-corrected chi connectivity index (χ1v) is 8.52. The minimum absolute atomic E-state index is 0.106. The van der Waals surface area contributed by atoms with E-state index in [-0.39, 0.29) is 11.0 Å². The molecule has 0 atom stereocenters. The predicted octanol–water partition coefficient (Wildman–Crippen LogP) is 3.00. The number of aryl methyl sites for hydroxylation is 1. The molecule has 2 heterocycles. The number of carbonyl (C=O) groups excluding carboxylic acids is 2. The van der Waals surface area contributed by atoms with Crippen LogP contribution in [0.15, 0.2) is 29.6 Å². The molecule has 0 fully saturated rings. The number of anilines is 1. The number of carbonyl (C=O) groups is 2. The summed E-state index contributed by atoms with van der Waals surface area (Å²) < 4.78 is 45.1. The molecule has 0 aliphatic carbocycles. The van der Waals surface area contributed by atoms with Gasteiger partial charge >= 0.3 is 12.1 Å². The molecule has 3 aromatic rings. The molecule has 1 aromatic carbocycles. The molecule has 0 saturated heterocycles. The van der Waals surface area contributed by atoms with Crippen molar-refractivity contribution in [3.63, 3.8) is 0 Å². The van der Waals surface area contributed by atoms with E-state index in [1.807, 2.05) is 0 Å². The van der Waals surface area contributed by atoms with Crippen molar-refractivity contribution in [2.75, 3.05) is 11.9 Å². The average Bonchev–Trinajstić information content (AvgIpc) is 3.17. The first kappa shape index (κ1) is 18.8. The van der Waals surface area contributed by atoms with Gasteiger partial charge in [-0.15, -0.1) is 11.3 Å². The number of thiazole rings is 1. The molecule has 3 rings (SSSR count). The SMILES string of the molecule is Cc1csc(NC(=O)COC(=O)Cn2c(C(F)(F)F)nc3ccccc32)n1. The van der Waals surface area contributed by atoms with Crippen LogP contribution in [0.2, 0.25) is 0 Å². The summed E-state index contributed by atoms with van der Waals surface area (Å²) in [4.78, 5) is 31.3. The number of alkyl halides is 3. The Balaban J connectivity index is 1.68. The Morgan fingerprint density at radius 3 is 2.67 bits per heavy atom. The van der Waals surface area contributed by atoms with Gasteiger partial charge in [0.05, 0.1) is 16.7 Å². The summed E-state index contributed by atoms with van der Waals surface area (Å²) in [5.41, 5.74) is 0.970. The van der Waals surface area contributed by atoms with E-state index in [1.165, 1.54) is 29.5 Å². The van der Waals surface area contributed by atoms with Crippen molar-refractivity contribution in [2.45, 2.75) is 19.6 Å². The number of nitrogens with zero attached hydrogens (tertiary/aromatic N) is 3. The zero-order valence-electron chi connectivity index (χ0n) is 13.9. The Morgan fingerprint density at radius 2 is 2.00 bits per heavy atom. The molecule has 0 aliphatic rings.